The van der Waals surface area contributed by atoms with Crippen LogP contribution in [-0.2, 0) is 9.47 Å². The zero-order valence-corrected chi connectivity index (χ0v) is 18.1. The molecule has 0 atom stereocenters. The third kappa shape index (κ3) is 6.44. The molecule has 2 aromatic carbocycles. The predicted octanol–water partition coefficient (Wildman–Crippen LogP) is 3.62. The van der Waals surface area contributed by atoms with Crippen molar-refractivity contribution in [1.82, 2.24) is 9.80 Å². The Morgan fingerprint density at radius 3 is 1.43 bits per heavy atom. The van der Waals surface area contributed by atoms with Gasteiger partial charge in [0.2, 0.25) is 0 Å². The van der Waals surface area contributed by atoms with Crippen LogP contribution in [0.5, 0.6) is 0 Å². The molecule has 0 unspecified atom stereocenters. The van der Waals surface area contributed by atoms with Crippen molar-refractivity contribution in [2.24, 2.45) is 0 Å². The Morgan fingerprint density at radius 2 is 1.07 bits per heavy atom. The van der Waals surface area contributed by atoms with Crippen LogP contribution in [0.25, 0.3) is 0 Å². The maximum Gasteiger partial charge on any atom is 0.339 e. The number of carbonyl (C=O) groups is 2. The second-order valence-electron chi connectivity index (χ2n) is 6.91. The van der Waals surface area contributed by atoms with Crippen LogP contribution in [0, 0.1) is 0 Å². The lowest BCUT2D eigenvalue weighted by Crippen LogP contribution is -2.48. The number of hydrogen-bond donors (Lipinski definition) is 0. The van der Waals surface area contributed by atoms with Crippen LogP contribution in [0.15, 0.2) is 48.5 Å². The first kappa shape index (κ1) is 22.6. The van der Waals surface area contributed by atoms with Crippen LogP contribution in [0.1, 0.15) is 20.7 Å². The molecule has 0 aliphatic carbocycles. The molecule has 0 aromatic heterocycles. The number of rotatable bonds is 8. The molecule has 1 fully saturated rings. The Kier molecular flexibility index (Phi) is 8.51. The number of carbonyl (C=O) groups excluding carboxylic acids is 2. The van der Waals surface area contributed by atoms with Crippen LogP contribution >= 0.6 is 23.2 Å². The van der Waals surface area contributed by atoms with E-state index in [1.165, 1.54) is 0 Å². The minimum Gasteiger partial charge on any atom is -0.461 e. The summed E-state index contributed by atoms with van der Waals surface area (Å²) in [6, 6.07) is 13.7. The molecule has 3 rings (SSSR count). The van der Waals surface area contributed by atoms with E-state index in [1.807, 2.05) is 0 Å². The van der Waals surface area contributed by atoms with Gasteiger partial charge in [0, 0.05) is 39.3 Å². The molecule has 1 aliphatic rings. The van der Waals surface area contributed by atoms with E-state index in [0.717, 1.165) is 26.2 Å². The van der Waals surface area contributed by atoms with Crippen molar-refractivity contribution in [3.8, 4) is 0 Å². The number of hydrogen-bond acceptors (Lipinski definition) is 6. The van der Waals surface area contributed by atoms with Crippen molar-refractivity contribution < 1.29 is 19.1 Å². The summed E-state index contributed by atoms with van der Waals surface area (Å²) in [5.74, 6) is -0.806. The Morgan fingerprint density at radius 1 is 0.700 bits per heavy atom. The van der Waals surface area contributed by atoms with Gasteiger partial charge in [0.15, 0.2) is 0 Å². The van der Waals surface area contributed by atoms with Crippen molar-refractivity contribution in [2.45, 2.75) is 0 Å². The minimum atomic E-state index is -0.403. The van der Waals surface area contributed by atoms with Gasteiger partial charge in [-0.3, -0.25) is 9.80 Å². The van der Waals surface area contributed by atoms with Gasteiger partial charge in [-0.1, -0.05) is 47.5 Å². The molecule has 2 aromatic rings. The average Bonchev–Trinajstić information content (AvgIpc) is 2.75. The van der Waals surface area contributed by atoms with Gasteiger partial charge >= 0.3 is 11.9 Å². The second-order valence-corrected chi connectivity index (χ2v) is 7.73. The summed E-state index contributed by atoms with van der Waals surface area (Å²) in [7, 11) is 0. The molecule has 0 N–H and O–H groups in total. The highest BCUT2D eigenvalue weighted by Crippen LogP contribution is 2.17. The SMILES string of the molecule is O=C(OCCN1CCN(CCOC(=O)c2ccccc2Cl)CC1)c1ccccc1Cl. The summed E-state index contributed by atoms with van der Waals surface area (Å²) in [6.45, 7) is 5.43. The number of benzene rings is 2. The first-order valence-electron chi connectivity index (χ1n) is 9.82. The van der Waals surface area contributed by atoms with E-state index < -0.39 is 11.9 Å². The van der Waals surface area contributed by atoms with Crippen LogP contribution in [0.4, 0.5) is 0 Å². The molecule has 1 saturated heterocycles. The maximum atomic E-state index is 12.1. The first-order chi connectivity index (χ1) is 14.5. The highest BCUT2D eigenvalue weighted by molar-refractivity contribution is 6.33. The molecule has 6 nitrogen and oxygen atoms in total. The van der Waals surface area contributed by atoms with E-state index in [9.17, 15) is 9.59 Å². The van der Waals surface area contributed by atoms with Gasteiger partial charge in [0.05, 0.1) is 21.2 Å². The maximum absolute atomic E-state index is 12.1. The van der Waals surface area contributed by atoms with Gasteiger partial charge < -0.3 is 9.47 Å². The number of piperazine rings is 1. The third-order valence-corrected chi connectivity index (χ3v) is 5.59. The fourth-order valence-corrected chi connectivity index (χ4v) is 3.61. The summed E-state index contributed by atoms with van der Waals surface area (Å²) in [5, 5.41) is 0.790. The van der Waals surface area contributed by atoms with Crippen molar-refractivity contribution >= 4 is 35.1 Å². The van der Waals surface area contributed by atoms with Crippen LogP contribution in [0.3, 0.4) is 0 Å². The number of nitrogens with zero attached hydrogens (tertiary/aromatic N) is 2. The fraction of sp³-hybridized carbons (Fsp3) is 0.364. The number of esters is 2. The van der Waals surface area contributed by atoms with Crippen molar-refractivity contribution in [3.05, 3.63) is 69.7 Å². The van der Waals surface area contributed by atoms with Crippen LogP contribution in [0.2, 0.25) is 10.0 Å². The highest BCUT2D eigenvalue weighted by Gasteiger charge is 2.18. The quantitative estimate of drug-likeness (QED) is 0.572. The van der Waals surface area contributed by atoms with Crippen LogP contribution in [-0.4, -0.2) is 74.2 Å². The van der Waals surface area contributed by atoms with Crippen LogP contribution < -0.4 is 0 Å². The van der Waals surface area contributed by atoms with Crippen molar-refractivity contribution in [2.75, 3.05) is 52.5 Å². The molecule has 30 heavy (non-hydrogen) atoms. The lowest BCUT2D eigenvalue weighted by atomic mass is 10.2. The summed E-state index contributed by atoms with van der Waals surface area (Å²) < 4.78 is 10.7. The molecule has 1 aliphatic heterocycles. The van der Waals surface area contributed by atoms with Gasteiger partial charge in [-0.15, -0.1) is 0 Å². The van der Waals surface area contributed by atoms with Gasteiger partial charge in [-0.2, -0.15) is 0 Å². The Hall–Kier alpha value is -2.12. The standard InChI is InChI=1S/C22H24Cl2N2O4/c23-19-7-3-1-5-17(19)21(27)29-15-13-25-9-11-26(12-10-25)14-16-30-22(28)18-6-2-4-8-20(18)24/h1-8H,9-16H2. The zero-order valence-electron chi connectivity index (χ0n) is 16.6. The average molecular weight is 451 g/mol. The Labute approximate surface area is 186 Å². The molecule has 0 bridgehead atoms. The van der Waals surface area contributed by atoms with E-state index in [2.05, 4.69) is 9.80 Å². The zero-order chi connectivity index (χ0) is 21.3. The first-order valence-corrected chi connectivity index (χ1v) is 10.6. The van der Waals surface area contributed by atoms with Gasteiger partial charge in [0.25, 0.3) is 0 Å². The summed E-state index contributed by atoms with van der Waals surface area (Å²) >= 11 is 12.0. The molecule has 160 valence electrons. The normalized spacial score (nSPS) is 15.0. The Bertz CT molecular complexity index is 798. The minimum absolute atomic E-state index is 0.319. The highest BCUT2D eigenvalue weighted by atomic mass is 35.5. The van der Waals surface area contributed by atoms with E-state index in [1.54, 1.807) is 48.5 Å². The van der Waals surface area contributed by atoms with Gasteiger partial charge in [-0.25, -0.2) is 9.59 Å². The molecule has 0 spiro atoms. The molecule has 8 heteroatoms. The summed E-state index contributed by atoms with van der Waals surface area (Å²) in [4.78, 5) is 28.6. The molecule has 0 amide bonds. The Balaban J connectivity index is 1.30. The third-order valence-electron chi connectivity index (χ3n) is 4.93. The molecular weight excluding hydrogens is 427 g/mol. The van der Waals surface area contributed by atoms with Gasteiger partial charge in [-0.05, 0) is 24.3 Å². The predicted molar refractivity (Wildman–Crippen MR) is 116 cm³/mol. The summed E-state index contributed by atoms with van der Waals surface area (Å²) in [5.41, 5.74) is 0.769. The summed E-state index contributed by atoms with van der Waals surface area (Å²) in [6.07, 6.45) is 0. The van der Waals surface area contributed by atoms with Gasteiger partial charge in [0.1, 0.15) is 13.2 Å². The molecular formula is C22H24Cl2N2O4. The fourth-order valence-electron chi connectivity index (χ4n) is 3.18. The monoisotopic (exact) mass is 450 g/mol. The lowest BCUT2D eigenvalue weighted by Gasteiger charge is -2.34. The lowest BCUT2D eigenvalue weighted by molar-refractivity contribution is 0.0352. The van der Waals surface area contributed by atoms with E-state index >= 15 is 0 Å². The largest absolute Gasteiger partial charge is 0.461 e. The number of ether oxygens (including phenoxy) is 2. The molecule has 0 saturated carbocycles. The molecule has 1 heterocycles. The topological polar surface area (TPSA) is 59.1 Å². The van der Waals surface area contributed by atoms with E-state index in [-0.39, 0.29) is 0 Å². The van der Waals surface area contributed by atoms with Crippen molar-refractivity contribution in [3.63, 3.8) is 0 Å². The van der Waals surface area contributed by atoms with E-state index in [0.29, 0.717) is 47.5 Å². The van der Waals surface area contributed by atoms with E-state index in [4.69, 9.17) is 32.7 Å². The van der Waals surface area contributed by atoms with Crippen molar-refractivity contribution in [1.29, 1.82) is 0 Å². The molecule has 0 radical (unpaired) electrons. The smallest absolute Gasteiger partial charge is 0.339 e. The number of halogens is 2. The second kappa shape index (κ2) is 11.3.